The van der Waals surface area contributed by atoms with Crippen molar-refractivity contribution >= 4 is 28.4 Å². The van der Waals surface area contributed by atoms with Crippen molar-refractivity contribution in [3.8, 4) is 0 Å². The van der Waals surface area contributed by atoms with Crippen LogP contribution in [0.25, 0.3) is 10.9 Å². The number of fused-ring (bicyclic) bond motifs is 1. The molecule has 1 fully saturated rings. The quantitative estimate of drug-likeness (QED) is 0.478. The van der Waals surface area contributed by atoms with Gasteiger partial charge in [0.1, 0.15) is 0 Å². The minimum atomic E-state index is -0.540. The number of nitrogens with zero attached hydrogens (tertiary/aromatic N) is 2. The molecule has 7 nitrogen and oxygen atoms in total. The van der Waals surface area contributed by atoms with Crippen molar-refractivity contribution in [2.45, 2.75) is 51.6 Å². The minimum absolute atomic E-state index is 0.0714. The van der Waals surface area contributed by atoms with Gasteiger partial charge in [0, 0.05) is 29.7 Å². The molecule has 1 saturated heterocycles. The standard InChI is InChI=1S/C26H31ClN4O3/c1-2-20-9-5-6-14-30(20)15-7-13-28-24(32)18-11-12-21-23(16-18)29-26(34)31(25(21)33)17-19-8-3-4-10-22(19)27/h3-4,8,10-12,16,20H,2,5-7,9,13-15,17H2,1H3,(H,28,32)(H,29,34). The lowest BCUT2D eigenvalue weighted by molar-refractivity contribution is 0.0947. The molecule has 1 atom stereocenters. The Kier molecular flexibility index (Phi) is 7.85. The van der Waals surface area contributed by atoms with E-state index in [-0.39, 0.29) is 12.5 Å². The van der Waals surface area contributed by atoms with Crippen molar-refractivity contribution in [3.05, 3.63) is 79.5 Å². The number of hydrogen-bond donors (Lipinski definition) is 2. The third-order valence-electron chi connectivity index (χ3n) is 6.66. The number of likely N-dealkylation sites (tertiary alicyclic amines) is 1. The van der Waals surface area contributed by atoms with Crippen molar-refractivity contribution in [3.63, 3.8) is 0 Å². The van der Waals surface area contributed by atoms with E-state index in [1.54, 1.807) is 42.5 Å². The van der Waals surface area contributed by atoms with E-state index in [1.807, 2.05) is 0 Å². The normalized spacial score (nSPS) is 16.6. The van der Waals surface area contributed by atoms with E-state index in [0.29, 0.717) is 39.6 Å². The minimum Gasteiger partial charge on any atom is -0.352 e. The molecular formula is C26H31ClN4O3. The largest absolute Gasteiger partial charge is 0.352 e. The van der Waals surface area contributed by atoms with Gasteiger partial charge < -0.3 is 15.2 Å². The van der Waals surface area contributed by atoms with Crippen LogP contribution in [0.15, 0.2) is 52.1 Å². The van der Waals surface area contributed by atoms with Crippen molar-refractivity contribution < 1.29 is 4.79 Å². The van der Waals surface area contributed by atoms with Crippen LogP contribution in [0.3, 0.4) is 0 Å². The van der Waals surface area contributed by atoms with Crippen LogP contribution in [-0.2, 0) is 6.54 Å². The van der Waals surface area contributed by atoms with Crippen LogP contribution in [-0.4, -0.2) is 46.0 Å². The fourth-order valence-corrected chi connectivity index (χ4v) is 4.93. The zero-order valence-electron chi connectivity index (χ0n) is 19.5. The van der Waals surface area contributed by atoms with Crippen LogP contribution >= 0.6 is 11.6 Å². The third-order valence-corrected chi connectivity index (χ3v) is 7.03. The maximum atomic E-state index is 13.0. The average molecular weight is 483 g/mol. The first-order valence-electron chi connectivity index (χ1n) is 12.0. The van der Waals surface area contributed by atoms with Gasteiger partial charge in [-0.15, -0.1) is 0 Å². The molecule has 0 bridgehead atoms. The smallest absolute Gasteiger partial charge is 0.329 e. The number of carbonyl (C=O) groups is 1. The molecule has 0 aliphatic carbocycles. The SMILES string of the molecule is CCC1CCCCN1CCCNC(=O)c1ccc2c(=O)n(Cc3ccccc3Cl)c(=O)[nH]c2c1. The Bertz CT molecular complexity index is 1280. The summed E-state index contributed by atoms with van der Waals surface area (Å²) in [7, 11) is 0. The second-order valence-corrected chi connectivity index (χ2v) is 9.28. The van der Waals surface area contributed by atoms with Gasteiger partial charge in [0.05, 0.1) is 17.4 Å². The number of aromatic amines is 1. The maximum Gasteiger partial charge on any atom is 0.329 e. The van der Waals surface area contributed by atoms with Crippen molar-refractivity contribution in [1.82, 2.24) is 19.8 Å². The van der Waals surface area contributed by atoms with Crippen LogP contribution in [0.2, 0.25) is 5.02 Å². The maximum absolute atomic E-state index is 13.0. The van der Waals surface area contributed by atoms with Gasteiger partial charge in [-0.3, -0.25) is 14.2 Å². The van der Waals surface area contributed by atoms with E-state index in [9.17, 15) is 14.4 Å². The summed E-state index contributed by atoms with van der Waals surface area (Å²) >= 11 is 6.19. The number of hydrogen-bond acceptors (Lipinski definition) is 4. The molecule has 8 heteroatoms. The Hall–Kier alpha value is -2.90. The Morgan fingerprint density at radius 2 is 2.00 bits per heavy atom. The topological polar surface area (TPSA) is 87.2 Å². The van der Waals surface area contributed by atoms with Gasteiger partial charge in [-0.05, 0) is 62.1 Å². The van der Waals surface area contributed by atoms with Crippen molar-refractivity contribution in [2.24, 2.45) is 0 Å². The predicted octanol–water partition coefficient (Wildman–Crippen LogP) is 3.78. The first-order valence-corrected chi connectivity index (χ1v) is 12.4. The number of piperidine rings is 1. The van der Waals surface area contributed by atoms with Gasteiger partial charge in [0.2, 0.25) is 0 Å². The van der Waals surface area contributed by atoms with Crippen LogP contribution in [0.4, 0.5) is 0 Å². The van der Waals surface area contributed by atoms with Gasteiger partial charge in [0.25, 0.3) is 11.5 Å². The first-order chi connectivity index (χ1) is 16.5. The zero-order chi connectivity index (χ0) is 24.1. The fraction of sp³-hybridized carbons (Fsp3) is 0.423. The number of benzene rings is 2. The Morgan fingerprint density at radius 3 is 2.79 bits per heavy atom. The van der Waals surface area contributed by atoms with Gasteiger partial charge >= 0.3 is 5.69 Å². The molecule has 1 aliphatic heterocycles. The summed E-state index contributed by atoms with van der Waals surface area (Å²) in [5.74, 6) is -0.214. The molecule has 1 amide bonds. The lowest BCUT2D eigenvalue weighted by Gasteiger charge is -2.35. The van der Waals surface area contributed by atoms with Gasteiger partial charge in [-0.2, -0.15) is 0 Å². The number of amides is 1. The van der Waals surface area contributed by atoms with Crippen LogP contribution in [0.5, 0.6) is 0 Å². The van der Waals surface area contributed by atoms with Crippen molar-refractivity contribution in [2.75, 3.05) is 19.6 Å². The summed E-state index contributed by atoms with van der Waals surface area (Å²) in [6.45, 7) is 5.01. The molecule has 2 heterocycles. The summed E-state index contributed by atoms with van der Waals surface area (Å²) in [5, 5.41) is 3.80. The predicted molar refractivity (Wildman–Crippen MR) is 136 cm³/mol. The molecule has 1 unspecified atom stereocenters. The number of halogens is 1. The Labute approximate surface area is 203 Å². The lowest BCUT2D eigenvalue weighted by atomic mass is 10.00. The Balaban J connectivity index is 1.43. The highest BCUT2D eigenvalue weighted by atomic mass is 35.5. The summed E-state index contributed by atoms with van der Waals surface area (Å²) in [6, 6.07) is 12.5. The van der Waals surface area contributed by atoms with E-state index in [4.69, 9.17) is 11.6 Å². The van der Waals surface area contributed by atoms with E-state index in [1.165, 1.54) is 25.7 Å². The monoisotopic (exact) mass is 482 g/mol. The number of nitrogens with one attached hydrogen (secondary N) is 2. The van der Waals surface area contributed by atoms with E-state index in [0.717, 1.165) is 24.1 Å². The molecule has 0 radical (unpaired) electrons. The lowest BCUT2D eigenvalue weighted by Crippen LogP contribution is -2.40. The second-order valence-electron chi connectivity index (χ2n) is 8.88. The van der Waals surface area contributed by atoms with E-state index in [2.05, 4.69) is 22.1 Å². The highest BCUT2D eigenvalue weighted by Crippen LogP contribution is 2.19. The summed E-state index contributed by atoms with van der Waals surface area (Å²) in [4.78, 5) is 43.5. The average Bonchev–Trinajstić information content (AvgIpc) is 2.85. The number of carbonyl (C=O) groups excluding carboxylic acids is 1. The molecule has 1 aromatic heterocycles. The molecule has 3 aromatic rings. The molecule has 0 spiro atoms. The van der Waals surface area contributed by atoms with Gasteiger partial charge in [-0.25, -0.2) is 4.79 Å². The fourth-order valence-electron chi connectivity index (χ4n) is 4.74. The summed E-state index contributed by atoms with van der Waals surface area (Å²) < 4.78 is 1.12. The number of H-pyrrole nitrogens is 1. The number of rotatable bonds is 8. The van der Waals surface area contributed by atoms with E-state index >= 15 is 0 Å². The van der Waals surface area contributed by atoms with E-state index < -0.39 is 11.2 Å². The van der Waals surface area contributed by atoms with Gasteiger partial charge in [0.15, 0.2) is 0 Å². The number of aromatic nitrogens is 2. The summed E-state index contributed by atoms with van der Waals surface area (Å²) in [5.41, 5.74) is 0.481. The van der Waals surface area contributed by atoms with Crippen molar-refractivity contribution in [1.29, 1.82) is 0 Å². The van der Waals surface area contributed by atoms with Crippen LogP contribution in [0, 0.1) is 0 Å². The molecule has 34 heavy (non-hydrogen) atoms. The van der Waals surface area contributed by atoms with Crippen LogP contribution < -0.4 is 16.6 Å². The zero-order valence-corrected chi connectivity index (χ0v) is 20.2. The highest BCUT2D eigenvalue weighted by Gasteiger charge is 2.20. The van der Waals surface area contributed by atoms with Gasteiger partial charge in [-0.1, -0.05) is 43.1 Å². The molecule has 180 valence electrons. The summed E-state index contributed by atoms with van der Waals surface area (Å²) in [6.07, 6.45) is 5.87. The third kappa shape index (κ3) is 5.42. The first kappa shape index (κ1) is 24.2. The molecule has 2 N–H and O–H groups in total. The molecule has 0 saturated carbocycles. The molecule has 1 aliphatic rings. The van der Waals surface area contributed by atoms with Crippen LogP contribution in [0.1, 0.15) is 54.9 Å². The second kappa shape index (κ2) is 11.0. The Morgan fingerprint density at radius 1 is 1.18 bits per heavy atom. The molecule has 4 rings (SSSR count). The highest BCUT2D eigenvalue weighted by molar-refractivity contribution is 6.31. The molecule has 2 aromatic carbocycles. The molecular weight excluding hydrogens is 452 g/mol.